The molecule has 1 N–H and O–H groups in total. The van der Waals surface area contributed by atoms with Crippen molar-refractivity contribution in [3.63, 3.8) is 0 Å². The Kier molecular flexibility index (Phi) is 3.72. The highest BCUT2D eigenvalue weighted by Gasteiger charge is 2.30. The summed E-state index contributed by atoms with van der Waals surface area (Å²) >= 11 is 0. The van der Waals surface area contributed by atoms with E-state index in [1.54, 1.807) is 6.07 Å². The third-order valence-corrected chi connectivity index (χ3v) is 4.28. The van der Waals surface area contributed by atoms with Crippen LogP contribution in [0.3, 0.4) is 0 Å². The molecule has 0 amide bonds. The van der Waals surface area contributed by atoms with Gasteiger partial charge in [0.25, 0.3) is 0 Å². The van der Waals surface area contributed by atoms with Crippen LogP contribution in [0.15, 0.2) is 18.2 Å². The van der Waals surface area contributed by atoms with Crippen LogP contribution in [0.1, 0.15) is 28.8 Å². The summed E-state index contributed by atoms with van der Waals surface area (Å²) in [5.74, 6) is -1.55. The fraction of sp³-hybridized carbons (Fsp3) is 0.533. The molecule has 0 bridgehead atoms. The lowest BCUT2D eigenvalue weighted by Crippen LogP contribution is -2.49. The van der Waals surface area contributed by atoms with Crippen molar-refractivity contribution in [2.75, 3.05) is 26.2 Å². The number of halogens is 1. The smallest absolute Gasteiger partial charge is 0.335 e. The number of benzene rings is 1. The summed E-state index contributed by atoms with van der Waals surface area (Å²) in [7, 11) is 0. The van der Waals surface area contributed by atoms with E-state index in [9.17, 15) is 9.18 Å². The molecule has 0 radical (unpaired) electrons. The maximum atomic E-state index is 13.5. The number of carbonyl (C=O) groups is 1. The Morgan fingerprint density at radius 1 is 1.30 bits per heavy atom. The Labute approximate surface area is 117 Å². The molecule has 0 spiro atoms. The van der Waals surface area contributed by atoms with Gasteiger partial charge in [-0.15, -0.1) is 0 Å². The molecular formula is C15H19FN2O2. The van der Waals surface area contributed by atoms with Gasteiger partial charge in [0.15, 0.2) is 0 Å². The quantitative estimate of drug-likeness (QED) is 0.915. The number of piperazine rings is 1. The van der Waals surface area contributed by atoms with E-state index in [0.717, 1.165) is 31.3 Å². The van der Waals surface area contributed by atoms with Crippen LogP contribution in [0.25, 0.3) is 0 Å². The van der Waals surface area contributed by atoms with Crippen LogP contribution in [-0.2, 0) is 6.54 Å². The van der Waals surface area contributed by atoms with E-state index in [1.165, 1.54) is 25.5 Å². The summed E-state index contributed by atoms with van der Waals surface area (Å²) in [5.41, 5.74) is 0.772. The fourth-order valence-corrected chi connectivity index (χ4v) is 3.32. The molecule has 3 rings (SSSR count). The molecule has 5 heteroatoms. The van der Waals surface area contributed by atoms with Crippen molar-refractivity contribution in [3.05, 3.63) is 35.1 Å². The molecule has 0 aliphatic carbocycles. The van der Waals surface area contributed by atoms with Crippen LogP contribution < -0.4 is 0 Å². The molecule has 1 aromatic carbocycles. The second-order valence-corrected chi connectivity index (χ2v) is 5.72. The molecule has 1 unspecified atom stereocenters. The maximum absolute atomic E-state index is 13.5. The number of fused-ring (bicyclic) bond motifs is 1. The number of aromatic carboxylic acids is 1. The van der Waals surface area contributed by atoms with E-state index in [-0.39, 0.29) is 5.56 Å². The fourth-order valence-electron chi connectivity index (χ4n) is 3.32. The molecule has 20 heavy (non-hydrogen) atoms. The molecule has 2 heterocycles. The largest absolute Gasteiger partial charge is 0.478 e. The Bertz CT molecular complexity index is 521. The second-order valence-electron chi connectivity index (χ2n) is 5.72. The molecule has 0 aromatic heterocycles. The van der Waals surface area contributed by atoms with Crippen LogP contribution in [0.5, 0.6) is 0 Å². The highest BCUT2D eigenvalue weighted by atomic mass is 19.1. The van der Waals surface area contributed by atoms with E-state index in [4.69, 9.17) is 5.11 Å². The van der Waals surface area contributed by atoms with Gasteiger partial charge in [0.2, 0.25) is 0 Å². The number of carboxylic acid groups (broad SMARTS) is 1. The first kappa shape index (κ1) is 13.5. The van der Waals surface area contributed by atoms with Crippen LogP contribution in [-0.4, -0.2) is 53.1 Å². The summed E-state index contributed by atoms with van der Waals surface area (Å²) in [6, 6.07) is 4.71. The zero-order valence-electron chi connectivity index (χ0n) is 11.4. The van der Waals surface area contributed by atoms with Crippen molar-refractivity contribution in [1.29, 1.82) is 0 Å². The van der Waals surface area contributed by atoms with Crippen molar-refractivity contribution < 1.29 is 14.3 Å². The van der Waals surface area contributed by atoms with Gasteiger partial charge in [-0.05, 0) is 43.1 Å². The summed E-state index contributed by atoms with van der Waals surface area (Å²) < 4.78 is 13.5. The predicted octanol–water partition coefficient (Wildman–Crippen LogP) is 1.80. The minimum absolute atomic E-state index is 0.0273. The second kappa shape index (κ2) is 5.50. The van der Waals surface area contributed by atoms with Crippen molar-refractivity contribution in [3.8, 4) is 0 Å². The molecule has 1 aromatic rings. The molecule has 4 nitrogen and oxygen atoms in total. The molecule has 0 saturated carbocycles. The van der Waals surface area contributed by atoms with Crippen molar-refractivity contribution >= 4 is 5.97 Å². The molecule has 2 saturated heterocycles. The Hall–Kier alpha value is -1.46. The number of carboxylic acids is 1. The van der Waals surface area contributed by atoms with Gasteiger partial charge in [0, 0.05) is 32.2 Å². The van der Waals surface area contributed by atoms with Crippen LogP contribution in [0, 0.1) is 5.82 Å². The minimum atomic E-state index is -1.08. The van der Waals surface area contributed by atoms with Gasteiger partial charge >= 0.3 is 5.97 Å². The predicted molar refractivity (Wildman–Crippen MR) is 73.2 cm³/mol. The molecular weight excluding hydrogens is 259 g/mol. The highest BCUT2D eigenvalue weighted by molar-refractivity contribution is 5.87. The van der Waals surface area contributed by atoms with Gasteiger partial charge in [-0.3, -0.25) is 9.80 Å². The lowest BCUT2D eigenvalue weighted by molar-refractivity contribution is 0.0695. The van der Waals surface area contributed by atoms with Gasteiger partial charge in [0.05, 0.1) is 5.56 Å². The van der Waals surface area contributed by atoms with E-state index >= 15 is 0 Å². The van der Waals surface area contributed by atoms with E-state index in [2.05, 4.69) is 9.80 Å². The standard InChI is InChI=1S/C15H19FN2O2/c16-13-7-11(6-12(8-13)15(19)20)9-17-4-5-18-3-1-2-14(18)10-17/h6-8,14H,1-5,9-10H2,(H,19,20). The maximum Gasteiger partial charge on any atom is 0.335 e. The van der Waals surface area contributed by atoms with Crippen molar-refractivity contribution in [1.82, 2.24) is 9.80 Å². The summed E-state index contributed by atoms with van der Waals surface area (Å²) in [4.78, 5) is 15.8. The normalized spacial score (nSPS) is 23.8. The van der Waals surface area contributed by atoms with Gasteiger partial charge < -0.3 is 5.11 Å². The Morgan fingerprint density at radius 3 is 2.95 bits per heavy atom. The molecule has 2 aliphatic heterocycles. The SMILES string of the molecule is O=C(O)c1cc(F)cc(CN2CCN3CCCC3C2)c1. The summed E-state index contributed by atoms with van der Waals surface area (Å²) in [5, 5.41) is 8.98. The number of rotatable bonds is 3. The number of hydrogen-bond acceptors (Lipinski definition) is 3. The van der Waals surface area contributed by atoms with Crippen molar-refractivity contribution in [2.24, 2.45) is 0 Å². The zero-order valence-corrected chi connectivity index (χ0v) is 11.4. The molecule has 108 valence electrons. The van der Waals surface area contributed by atoms with Crippen molar-refractivity contribution in [2.45, 2.75) is 25.4 Å². The Balaban J connectivity index is 1.70. The monoisotopic (exact) mass is 278 g/mol. The van der Waals surface area contributed by atoms with Gasteiger partial charge in [-0.2, -0.15) is 0 Å². The first-order valence-electron chi connectivity index (χ1n) is 7.11. The number of hydrogen-bond donors (Lipinski definition) is 1. The Morgan fingerprint density at radius 2 is 2.15 bits per heavy atom. The molecule has 1 atom stereocenters. The van der Waals surface area contributed by atoms with Gasteiger partial charge in [0.1, 0.15) is 5.82 Å². The zero-order chi connectivity index (χ0) is 14.1. The van der Waals surface area contributed by atoms with E-state index < -0.39 is 11.8 Å². The average Bonchev–Trinajstić information content (AvgIpc) is 2.85. The summed E-state index contributed by atoms with van der Waals surface area (Å²) in [6.07, 6.45) is 2.50. The van der Waals surface area contributed by atoms with E-state index in [0.29, 0.717) is 12.6 Å². The first-order valence-corrected chi connectivity index (χ1v) is 7.11. The highest BCUT2D eigenvalue weighted by Crippen LogP contribution is 2.23. The lowest BCUT2D eigenvalue weighted by Gasteiger charge is -2.37. The third-order valence-electron chi connectivity index (χ3n) is 4.28. The van der Waals surface area contributed by atoms with Crippen LogP contribution in [0.4, 0.5) is 4.39 Å². The van der Waals surface area contributed by atoms with Gasteiger partial charge in [-0.25, -0.2) is 9.18 Å². The first-order chi connectivity index (χ1) is 9.61. The molecule has 2 aliphatic rings. The topological polar surface area (TPSA) is 43.8 Å². The number of nitrogens with zero attached hydrogens (tertiary/aromatic N) is 2. The third kappa shape index (κ3) is 2.83. The average molecular weight is 278 g/mol. The minimum Gasteiger partial charge on any atom is -0.478 e. The lowest BCUT2D eigenvalue weighted by atomic mass is 10.1. The van der Waals surface area contributed by atoms with Crippen LogP contribution in [0.2, 0.25) is 0 Å². The summed E-state index contributed by atoms with van der Waals surface area (Å²) in [6.45, 7) is 4.85. The van der Waals surface area contributed by atoms with Crippen LogP contribution >= 0.6 is 0 Å². The molecule has 2 fully saturated rings. The van der Waals surface area contributed by atoms with Gasteiger partial charge in [-0.1, -0.05) is 0 Å². The van der Waals surface area contributed by atoms with E-state index in [1.807, 2.05) is 0 Å².